The van der Waals surface area contributed by atoms with Crippen molar-refractivity contribution in [2.45, 2.75) is 110 Å². The maximum atomic E-state index is 13.8. The van der Waals surface area contributed by atoms with Crippen LogP contribution >= 0.6 is 0 Å². The molecule has 8 aliphatic carbocycles. The van der Waals surface area contributed by atoms with Crippen molar-refractivity contribution in [3.63, 3.8) is 0 Å². The largest absolute Gasteiger partial charge is 0.461 e. The van der Waals surface area contributed by atoms with Gasteiger partial charge in [0.1, 0.15) is 6.10 Å². The molecule has 0 aromatic rings. The zero-order valence-electron chi connectivity index (χ0n) is 20.7. The van der Waals surface area contributed by atoms with Crippen molar-refractivity contribution in [2.24, 2.45) is 51.8 Å². The van der Waals surface area contributed by atoms with Crippen LogP contribution in [-0.4, -0.2) is 17.9 Å². The van der Waals surface area contributed by atoms with Gasteiger partial charge in [0.25, 0.3) is 0 Å². The van der Waals surface area contributed by atoms with E-state index in [9.17, 15) is 9.59 Å². The van der Waals surface area contributed by atoms with Gasteiger partial charge in [-0.05, 0) is 130 Å². The molecule has 0 N–H and O–H groups in total. The summed E-state index contributed by atoms with van der Waals surface area (Å²) in [5.74, 6) is 5.04. The van der Waals surface area contributed by atoms with Gasteiger partial charge < -0.3 is 4.74 Å². The van der Waals surface area contributed by atoms with Crippen molar-refractivity contribution >= 4 is 11.8 Å². The summed E-state index contributed by atoms with van der Waals surface area (Å²) in [7, 11) is 0. The van der Waals surface area contributed by atoms with E-state index in [0.29, 0.717) is 17.6 Å². The Bertz CT molecular complexity index is 880. The molecule has 0 saturated heterocycles. The molecule has 33 heavy (non-hydrogen) atoms. The highest BCUT2D eigenvalue weighted by Crippen LogP contribution is 2.66. The lowest BCUT2D eigenvalue weighted by atomic mass is 9.47. The molecular weight excluding hydrogens is 408 g/mol. The van der Waals surface area contributed by atoms with Crippen molar-refractivity contribution < 1.29 is 14.3 Å². The Morgan fingerprint density at radius 1 is 0.879 bits per heavy atom. The lowest BCUT2D eigenvalue weighted by Gasteiger charge is -2.58. The predicted molar refractivity (Wildman–Crippen MR) is 127 cm³/mol. The van der Waals surface area contributed by atoms with Gasteiger partial charge in [0.2, 0.25) is 0 Å². The quantitative estimate of drug-likeness (QED) is 0.443. The smallest absolute Gasteiger partial charge is 0.312 e. The Labute approximate surface area is 199 Å². The van der Waals surface area contributed by atoms with E-state index in [4.69, 9.17) is 4.74 Å². The second-order valence-corrected chi connectivity index (χ2v) is 14.2. The van der Waals surface area contributed by atoms with E-state index < -0.39 is 0 Å². The van der Waals surface area contributed by atoms with Crippen molar-refractivity contribution in [3.05, 3.63) is 11.6 Å². The first-order valence-corrected chi connectivity index (χ1v) is 14.2. The van der Waals surface area contributed by atoms with E-state index in [1.54, 1.807) is 0 Å². The van der Waals surface area contributed by atoms with Gasteiger partial charge in [0.05, 0.1) is 5.41 Å². The minimum atomic E-state index is -0.132. The summed E-state index contributed by atoms with van der Waals surface area (Å²) in [4.78, 5) is 25.9. The first kappa shape index (κ1) is 21.2. The number of carbonyl (C=O) groups excluding carboxylic acids is 2. The van der Waals surface area contributed by atoms with E-state index >= 15 is 0 Å². The normalized spacial score (nSPS) is 54.3. The van der Waals surface area contributed by atoms with Gasteiger partial charge in [-0.1, -0.05) is 19.4 Å². The molecule has 8 aliphatic rings. The van der Waals surface area contributed by atoms with Crippen LogP contribution in [0.1, 0.15) is 104 Å². The lowest BCUT2D eigenvalue weighted by molar-refractivity contribution is -0.185. The van der Waals surface area contributed by atoms with Crippen molar-refractivity contribution in [2.75, 3.05) is 0 Å². The van der Waals surface area contributed by atoms with Gasteiger partial charge in [-0.15, -0.1) is 0 Å². The predicted octanol–water partition coefficient (Wildman–Crippen LogP) is 6.65. The Morgan fingerprint density at radius 3 is 2.27 bits per heavy atom. The van der Waals surface area contributed by atoms with Gasteiger partial charge in [-0.25, -0.2) is 0 Å². The number of hydrogen-bond acceptors (Lipinski definition) is 3. The lowest BCUT2D eigenvalue weighted by Crippen LogP contribution is -2.54. The zero-order chi connectivity index (χ0) is 22.6. The van der Waals surface area contributed by atoms with Crippen LogP contribution in [0.15, 0.2) is 11.6 Å². The molecule has 0 amide bonds. The van der Waals surface area contributed by atoms with Crippen LogP contribution in [0.2, 0.25) is 0 Å². The van der Waals surface area contributed by atoms with Gasteiger partial charge >= 0.3 is 5.97 Å². The molecule has 4 bridgehead atoms. The summed E-state index contributed by atoms with van der Waals surface area (Å²) >= 11 is 0. The summed E-state index contributed by atoms with van der Waals surface area (Å²) in [6.07, 6.45) is 18.4. The summed E-state index contributed by atoms with van der Waals surface area (Å²) in [6, 6.07) is 0. The zero-order valence-corrected chi connectivity index (χ0v) is 20.7. The molecule has 7 saturated carbocycles. The molecule has 180 valence electrons. The maximum Gasteiger partial charge on any atom is 0.312 e. The molecule has 8 rings (SSSR count). The van der Waals surface area contributed by atoms with Crippen LogP contribution < -0.4 is 0 Å². The van der Waals surface area contributed by atoms with E-state index in [2.05, 4.69) is 13.8 Å². The van der Waals surface area contributed by atoms with Crippen LogP contribution in [0.25, 0.3) is 0 Å². The average Bonchev–Trinajstić information content (AvgIpc) is 3.09. The molecule has 3 heteroatoms. The second-order valence-electron chi connectivity index (χ2n) is 14.2. The molecule has 0 heterocycles. The molecule has 0 radical (unpaired) electrons. The first-order chi connectivity index (χ1) is 15.8. The Balaban J connectivity index is 1.10. The van der Waals surface area contributed by atoms with Gasteiger partial charge in [-0.2, -0.15) is 0 Å². The summed E-state index contributed by atoms with van der Waals surface area (Å²) in [6.45, 7) is 4.93. The molecule has 0 spiro atoms. The van der Waals surface area contributed by atoms with E-state index in [0.717, 1.165) is 68.6 Å². The summed E-state index contributed by atoms with van der Waals surface area (Å²) in [5, 5.41) is 0. The van der Waals surface area contributed by atoms with Crippen molar-refractivity contribution in [1.82, 2.24) is 0 Å². The second kappa shape index (κ2) is 6.97. The highest BCUT2D eigenvalue weighted by molar-refractivity contribution is 5.91. The number of rotatable bonds is 2. The fourth-order valence-electron chi connectivity index (χ4n) is 11.3. The standard InChI is InChI=1S/C30H42O3/c1-28-9-7-22(31)14-21(28)3-4-23-24-5-6-26(29(24,2)10-8-25(23)28)33-27(32)30-15-18-11-19(16-30)13-20(12-18)17-30/h14,18-20,23-26H,3-13,15-17H2,1-2H3/t18?,19?,20?,23-,24-,25-,26-,28-,29-,30?/m0/s1. The minimum absolute atomic E-state index is 0.127. The number of esters is 1. The van der Waals surface area contributed by atoms with E-state index in [-0.39, 0.29) is 28.3 Å². The molecule has 0 unspecified atom stereocenters. The molecule has 0 aromatic carbocycles. The van der Waals surface area contributed by atoms with Crippen LogP contribution in [0.5, 0.6) is 0 Å². The van der Waals surface area contributed by atoms with Crippen molar-refractivity contribution in [3.8, 4) is 0 Å². The molecule has 6 atom stereocenters. The maximum absolute atomic E-state index is 13.8. The highest BCUT2D eigenvalue weighted by Gasteiger charge is 2.61. The van der Waals surface area contributed by atoms with Crippen LogP contribution in [0.3, 0.4) is 0 Å². The number of ketones is 1. The van der Waals surface area contributed by atoms with Crippen molar-refractivity contribution in [1.29, 1.82) is 0 Å². The SMILES string of the molecule is C[C@]12CC[C@H]3[C@@H](CCC4=CC(=O)CC[C@@]43C)[C@@H]1CC[C@@H]2OC(=O)C12CC3CC(CC(C3)C1)C2. The molecule has 7 fully saturated rings. The Morgan fingerprint density at radius 2 is 1.58 bits per heavy atom. The number of fused-ring (bicyclic) bond motifs is 5. The fraction of sp³-hybridized carbons (Fsp3) is 0.867. The molecule has 0 aromatic heterocycles. The monoisotopic (exact) mass is 450 g/mol. The first-order valence-electron chi connectivity index (χ1n) is 14.2. The van der Waals surface area contributed by atoms with E-state index in [1.807, 2.05) is 6.08 Å². The average molecular weight is 451 g/mol. The summed E-state index contributed by atoms with van der Waals surface area (Å²) < 4.78 is 6.60. The highest BCUT2D eigenvalue weighted by atomic mass is 16.5. The van der Waals surface area contributed by atoms with Gasteiger partial charge in [0, 0.05) is 11.8 Å². The van der Waals surface area contributed by atoms with Gasteiger partial charge in [-0.3, -0.25) is 9.59 Å². The number of hydrogen-bond donors (Lipinski definition) is 0. The summed E-state index contributed by atoms with van der Waals surface area (Å²) in [5.41, 5.74) is 1.70. The number of carbonyl (C=O) groups is 2. The van der Waals surface area contributed by atoms with Gasteiger partial charge in [0.15, 0.2) is 5.78 Å². The van der Waals surface area contributed by atoms with Crippen LogP contribution in [0, 0.1) is 51.8 Å². The van der Waals surface area contributed by atoms with Crippen LogP contribution in [0.4, 0.5) is 0 Å². The number of allylic oxidation sites excluding steroid dienone is 1. The minimum Gasteiger partial charge on any atom is -0.461 e. The third kappa shape index (κ3) is 2.92. The molecule has 3 nitrogen and oxygen atoms in total. The third-order valence-electron chi connectivity index (χ3n) is 12.6. The molecule has 0 aliphatic heterocycles. The molecular formula is C30H42O3. The van der Waals surface area contributed by atoms with Crippen LogP contribution in [-0.2, 0) is 14.3 Å². The Hall–Kier alpha value is -1.12. The Kier molecular flexibility index (Phi) is 4.48. The fourth-order valence-corrected chi connectivity index (χ4v) is 11.3. The van der Waals surface area contributed by atoms with E-state index in [1.165, 1.54) is 50.5 Å². The number of ether oxygens (including phenoxy) is 1. The third-order valence-corrected chi connectivity index (χ3v) is 12.6. The topological polar surface area (TPSA) is 43.4 Å².